The number of rotatable bonds is 5. The van der Waals surface area contributed by atoms with Crippen molar-refractivity contribution in [2.24, 2.45) is 0 Å². The SMILES string of the molecule is CNc1ccc(NC(=O)CCc2ccc[nH]2)cn1. The maximum absolute atomic E-state index is 11.7. The van der Waals surface area contributed by atoms with Crippen molar-refractivity contribution in [2.45, 2.75) is 12.8 Å². The van der Waals surface area contributed by atoms with E-state index in [1.165, 1.54) is 0 Å². The number of aryl methyl sites for hydroxylation is 1. The standard InChI is InChI=1S/C13H16N4O/c1-14-12-6-4-11(9-16-12)17-13(18)7-5-10-3-2-8-15-10/h2-4,6,8-9,15H,5,7H2,1H3,(H,14,16)(H,17,18). The highest BCUT2D eigenvalue weighted by atomic mass is 16.1. The Morgan fingerprint density at radius 1 is 1.39 bits per heavy atom. The van der Waals surface area contributed by atoms with E-state index in [-0.39, 0.29) is 5.91 Å². The van der Waals surface area contributed by atoms with Gasteiger partial charge in [0.05, 0.1) is 11.9 Å². The fraction of sp³-hybridized carbons (Fsp3) is 0.231. The van der Waals surface area contributed by atoms with Crippen molar-refractivity contribution in [1.29, 1.82) is 0 Å². The molecule has 0 radical (unpaired) electrons. The fourth-order valence-electron chi connectivity index (χ4n) is 1.61. The number of H-pyrrole nitrogens is 1. The molecule has 0 aliphatic heterocycles. The number of nitrogens with one attached hydrogen (secondary N) is 3. The Morgan fingerprint density at radius 3 is 2.89 bits per heavy atom. The summed E-state index contributed by atoms with van der Waals surface area (Å²) in [6.45, 7) is 0. The van der Waals surface area contributed by atoms with Gasteiger partial charge in [-0.1, -0.05) is 0 Å². The molecule has 2 aromatic rings. The van der Waals surface area contributed by atoms with Crippen LogP contribution in [0.2, 0.25) is 0 Å². The van der Waals surface area contributed by atoms with E-state index in [1.807, 2.05) is 30.5 Å². The number of hydrogen-bond acceptors (Lipinski definition) is 3. The van der Waals surface area contributed by atoms with Crippen LogP contribution in [0.25, 0.3) is 0 Å². The van der Waals surface area contributed by atoms with Crippen molar-refractivity contribution in [3.8, 4) is 0 Å². The molecule has 0 saturated heterocycles. The summed E-state index contributed by atoms with van der Waals surface area (Å²) in [6, 6.07) is 7.54. The zero-order chi connectivity index (χ0) is 12.8. The lowest BCUT2D eigenvalue weighted by Crippen LogP contribution is -2.12. The van der Waals surface area contributed by atoms with E-state index in [1.54, 1.807) is 13.2 Å². The number of nitrogens with zero attached hydrogens (tertiary/aromatic N) is 1. The first kappa shape index (κ1) is 12.2. The molecule has 5 nitrogen and oxygen atoms in total. The molecule has 0 aromatic carbocycles. The first-order valence-electron chi connectivity index (χ1n) is 5.84. The van der Waals surface area contributed by atoms with Crippen LogP contribution >= 0.6 is 0 Å². The molecule has 0 spiro atoms. The van der Waals surface area contributed by atoms with Crippen LogP contribution in [0.3, 0.4) is 0 Å². The van der Waals surface area contributed by atoms with Gasteiger partial charge < -0.3 is 15.6 Å². The minimum Gasteiger partial charge on any atom is -0.373 e. The molecule has 18 heavy (non-hydrogen) atoms. The van der Waals surface area contributed by atoms with Crippen LogP contribution in [0.5, 0.6) is 0 Å². The summed E-state index contributed by atoms with van der Waals surface area (Å²) in [5.74, 6) is 0.767. The largest absolute Gasteiger partial charge is 0.373 e. The topological polar surface area (TPSA) is 69.8 Å². The van der Waals surface area contributed by atoms with Crippen LogP contribution < -0.4 is 10.6 Å². The van der Waals surface area contributed by atoms with Crippen molar-refractivity contribution in [2.75, 3.05) is 17.7 Å². The first-order chi connectivity index (χ1) is 8.78. The molecular weight excluding hydrogens is 228 g/mol. The minimum absolute atomic E-state index is 0.0105. The van der Waals surface area contributed by atoms with Gasteiger partial charge in [-0.15, -0.1) is 0 Å². The molecule has 0 unspecified atom stereocenters. The molecule has 0 bridgehead atoms. The number of amides is 1. The summed E-state index contributed by atoms with van der Waals surface area (Å²) in [7, 11) is 1.80. The fourth-order valence-corrected chi connectivity index (χ4v) is 1.61. The van der Waals surface area contributed by atoms with Crippen LogP contribution in [0.1, 0.15) is 12.1 Å². The van der Waals surface area contributed by atoms with Crippen molar-refractivity contribution in [1.82, 2.24) is 9.97 Å². The minimum atomic E-state index is -0.0105. The monoisotopic (exact) mass is 244 g/mol. The van der Waals surface area contributed by atoms with Crippen LogP contribution in [0.4, 0.5) is 11.5 Å². The summed E-state index contributed by atoms with van der Waals surface area (Å²) < 4.78 is 0. The number of carbonyl (C=O) groups excluding carboxylic acids is 1. The number of carbonyl (C=O) groups is 1. The van der Waals surface area contributed by atoms with Crippen molar-refractivity contribution < 1.29 is 4.79 Å². The van der Waals surface area contributed by atoms with Crippen LogP contribution in [0.15, 0.2) is 36.7 Å². The van der Waals surface area contributed by atoms with Crippen molar-refractivity contribution in [3.05, 3.63) is 42.4 Å². The molecular formula is C13H16N4O. The number of aromatic amines is 1. The van der Waals surface area contributed by atoms with Crippen molar-refractivity contribution >= 4 is 17.4 Å². The van der Waals surface area contributed by atoms with E-state index >= 15 is 0 Å². The summed E-state index contributed by atoms with van der Waals surface area (Å²) in [5.41, 5.74) is 1.78. The maximum Gasteiger partial charge on any atom is 0.224 e. The second-order valence-corrected chi connectivity index (χ2v) is 3.93. The third-order valence-corrected chi connectivity index (χ3v) is 2.59. The van der Waals surface area contributed by atoms with E-state index in [9.17, 15) is 4.79 Å². The molecule has 2 aromatic heterocycles. The van der Waals surface area contributed by atoms with Gasteiger partial charge in [0, 0.05) is 25.4 Å². The molecule has 0 aliphatic rings. The van der Waals surface area contributed by atoms with E-state index < -0.39 is 0 Å². The zero-order valence-electron chi connectivity index (χ0n) is 10.2. The van der Waals surface area contributed by atoms with E-state index in [0.29, 0.717) is 18.5 Å². The van der Waals surface area contributed by atoms with Gasteiger partial charge in [-0.05, 0) is 30.7 Å². The Balaban J connectivity index is 1.83. The Morgan fingerprint density at radius 2 is 2.28 bits per heavy atom. The Labute approximate surface area is 106 Å². The molecule has 1 amide bonds. The molecule has 5 heteroatoms. The van der Waals surface area contributed by atoms with Crippen LogP contribution in [0, 0.1) is 0 Å². The Kier molecular flexibility index (Phi) is 3.96. The zero-order valence-corrected chi connectivity index (χ0v) is 10.2. The Bertz CT molecular complexity index is 490. The van der Waals surface area contributed by atoms with E-state index in [4.69, 9.17) is 0 Å². The Hall–Kier alpha value is -2.30. The number of anilines is 2. The van der Waals surface area contributed by atoms with Crippen LogP contribution in [-0.2, 0) is 11.2 Å². The highest BCUT2D eigenvalue weighted by molar-refractivity contribution is 5.90. The maximum atomic E-state index is 11.7. The molecule has 3 N–H and O–H groups in total. The van der Waals surface area contributed by atoms with Gasteiger partial charge in [-0.25, -0.2) is 4.98 Å². The van der Waals surface area contributed by atoms with Gasteiger partial charge in [-0.2, -0.15) is 0 Å². The predicted octanol–water partition coefficient (Wildman–Crippen LogP) is 2.02. The number of hydrogen-bond donors (Lipinski definition) is 3. The lowest BCUT2D eigenvalue weighted by Gasteiger charge is -2.05. The van der Waals surface area contributed by atoms with Gasteiger partial charge in [0.1, 0.15) is 5.82 Å². The quantitative estimate of drug-likeness (QED) is 0.753. The smallest absolute Gasteiger partial charge is 0.224 e. The molecule has 0 atom stereocenters. The van der Waals surface area contributed by atoms with Gasteiger partial charge in [0.15, 0.2) is 0 Å². The number of pyridine rings is 1. The first-order valence-corrected chi connectivity index (χ1v) is 5.84. The van der Waals surface area contributed by atoms with E-state index in [0.717, 1.165) is 11.5 Å². The van der Waals surface area contributed by atoms with Crippen LogP contribution in [-0.4, -0.2) is 22.9 Å². The highest BCUT2D eigenvalue weighted by Gasteiger charge is 2.03. The van der Waals surface area contributed by atoms with Gasteiger partial charge in [0.25, 0.3) is 0 Å². The lowest BCUT2D eigenvalue weighted by atomic mass is 10.2. The molecule has 2 rings (SSSR count). The summed E-state index contributed by atoms with van der Waals surface area (Å²) in [5, 5.41) is 5.74. The summed E-state index contributed by atoms with van der Waals surface area (Å²) in [4.78, 5) is 18.9. The number of aromatic nitrogens is 2. The van der Waals surface area contributed by atoms with Crippen molar-refractivity contribution in [3.63, 3.8) is 0 Å². The summed E-state index contributed by atoms with van der Waals surface area (Å²) >= 11 is 0. The molecule has 0 saturated carbocycles. The third-order valence-electron chi connectivity index (χ3n) is 2.59. The third kappa shape index (κ3) is 3.35. The molecule has 0 fully saturated rings. The molecule has 94 valence electrons. The lowest BCUT2D eigenvalue weighted by molar-refractivity contribution is -0.116. The average Bonchev–Trinajstić information content (AvgIpc) is 2.90. The molecule has 0 aliphatic carbocycles. The highest BCUT2D eigenvalue weighted by Crippen LogP contribution is 2.09. The van der Waals surface area contributed by atoms with Gasteiger partial charge >= 0.3 is 0 Å². The predicted molar refractivity (Wildman–Crippen MR) is 71.5 cm³/mol. The normalized spacial score (nSPS) is 10.1. The van der Waals surface area contributed by atoms with E-state index in [2.05, 4.69) is 20.6 Å². The summed E-state index contributed by atoms with van der Waals surface area (Å²) in [6.07, 6.45) is 4.65. The second-order valence-electron chi connectivity index (χ2n) is 3.93. The average molecular weight is 244 g/mol. The second kappa shape index (κ2) is 5.86. The molecule has 2 heterocycles. The van der Waals surface area contributed by atoms with Gasteiger partial charge in [0.2, 0.25) is 5.91 Å². The van der Waals surface area contributed by atoms with Gasteiger partial charge in [-0.3, -0.25) is 4.79 Å².